The summed E-state index contributed by atoms with van der Waals surface area (Å²) in [4.78, 5) is 36.2. The number of hydrogen-bond donors (Lipinski definition) is 3. The van der Waals surface area contributed by atoms with E-state index in [1.54, 1.807) is 4.90 Å². The van der Waals surface area contributed by atoms with Crippen LogP contribution in [0.2, 0.25) is 0 Å². The van der Waals surface area contributed by atoms with Gasteiger partial charge >= 0.3 is 0 Å². The summed E-state index contributed by atoms with van der Waals surface area (Å²) in [5.41, 5.74) is 6.53. The number of rotatable bonds is 9. The second-order valence-electron chi connectivity index (χ2n) is 5.13. The van der Waals surface area contributed by atoms with E-state index >= 15 is 0 Å². The Labute approximate surface area is 148 Å². The predicted octanol–water partition coefficient (Wildman–Crippen LogP) is 0.0381. The lowest BCUT2D eigenvalue weighted by atomic mass is 10.2. The molecular formula is C16H25ClN4O3. The van der Waals surface area contributed by atoms with Crippen molar-refractivity contribution in [1.82, 2.24) is 15.5 Å². The van der Waals surface area contributed by atoms with Gasteiger partial charge in [-0.15, -0.1) is 12.4 Å². The number of nitrogens with one attached hydrogen (secondary N) is 2. The Morgan fingerprint density at radius 2 is 1.75 bits per heavy atom. The van der Waals surface area contributed by atoms with Gasteiger partial charge in [0.25, 0.3) is 0 Å². The molecule has 0 heterocycles. The van der Waals surface area contributed by atoms with E-state index in [4.69, 9.17) is 5.73 Å². The first-order valence-corrected chi connectivity index (χ1v) is 7.56. The summed E-state index contributed by atoms with van der Waals surface area (Å²) in [7, 11) is 0. The van der Waals surface area contributed by atoms with E-state index in [0.29, 0.717) is 26.1 Å². The van der Waals surface area contributed by atoms with Gasteiger partial charge in [0.05, 0.1) is 13.1 Å². The summed E-state index contributed by atoms with van der Waals surface area (Å²) in [6.45, 7) is 2.59. The van der Waals surface area contributed by atoms with Crippen LogP contribution in [0, 0.1) is 0 Å². The number of halogens is 1. The number of benzene rings is 1. The quantitative estimate of drug-likeness (QED) is 0.581. The maximum atomic E-state index is 12.3. The summed E-state index contributed by atoms with van der Waals surface area (Å²) in [6, 6.07) is 9.63. The average Bonchev–Trinajstić information content (AvgIpc) is 2.55. The van der Waals surface area contributed by atoms with Crippen molar-refractivity contribution in [2.45, 2.75) is 19.9 Å². The molecule has 0 aliphatic carbocycles. The van der Waals surface area contributed by atoms with Crippen LogP contribution in [0.3, 0.4) is 0 Å². The predicted molar refractivity (Wildman–Crippen MR) is 94.5 cm³/mol. The van der Waals surface area contributed by atoms with E-state index in [1.807, 2.05) is 30.3 Å². The largest absolute Gasteiger partial charge is 0.347 e. The molecule has 0 spiro atoms. The minimum absolute atomic E-state index is 0. The van der Waals surface area contributed by atoms with Crippen molar-refractivity contribution in [2.24, 2.45) is 5.73 Å². The maximum Gasteiger partial charge on any atom is 0.242 e. The molecule has 1 aromatic rings. The molecule has 0 unspecified atom stereocenters. The van der Waals surface area contributed by atoms with Crippen molar-refractivity contribution in [3.63, 3.8) is 0 Å². The highest BCUT2D eigenvalue weighted by Gasteiger charge is 2.14. The third-order valence-electron chi connectivity index (χ3n) is 3.14. The topological polar surface area (TPSA) is 105 Å². The van der Waals surface area contributed by atoms with Gasteiger partial charge in [-0.2, -0.15) is 0 Å². The van der Waals surface area contributed by atoms with Gasteiger partial charge in [-0.05, 0) is 18.5 Å². The molecule has 134 valence electrons. The number of nitrogens with zero attached hydrogens (tertiary/aromatic N) is 1. The molecule has 8 heteroatoms. The number of amides is 3. The second-order valence-corrected chi connectivity index (χ2v) is 5.13. The number of carbonyl (C=O) groups excluding carboxylic acids is 3. The van der Waals surface area contributed by atoms with Gasteiger partial charge in [0.15, 0.2) is 0 Å². The van der Waals surface area contributed by atoms with E-state index in [-0.39, 0.29) is 37.3 Å². The minimum atomic E-state index is -0.396. The zero-order valence-corrected chi connectivity index (χ0v) is 14.6. The van der Waals surface area contributed by atoms with Gasteiger partial charge in [0.2, 0.25) is 17.7 Å². The van der Waals surface area contributed by atoms with Gasteiger partial charge < -0.3 is 21.3 Å². The maximum absolute atomic E-state index is 12.3. The monoisotopic (exact) mass is 356 g/mol. The van der Waals surface area contributed by atoms with Crippen LogP contribution < -0.4 is 16.4 Å². The smallest absolute Gasteiger partial charge is 0.242 e. The van der Waals surface area contributed by atoms with Crippen LogP contribution in [0.5, 0.6) is 0 Å². The summed E-state index contributed by atoms with van der Waals surface area (Å²) in [5.74, 6) is -0.870. The molecule has 0 saturated carbocycles. The van der Waals surface area contributed by atoms with E-state index in [1.165, 1.54) is 6.92 Å². The van der Waals surface area contributed by atoms with Crippen LogP contribution in [0.15, 0.2) is 30.3 Å². The van der Waals surface area contributed by atoms with Gasteiger partial charge in [0.1, 0.15) is 0 Å². The van der Waals surface area contributed by atoms with Crippen LogP contribution in [0.25, 0.3) is 0 Å². The highest BCUT2D eigenvalue weighted by Crippen LogP contribution is 2.05. The SMILES string of the molecule is CC(=O)NCC(=O)NCC(=O)N(CCCN)Cc1ccccc1.Cl. The Balaban J connectivity index is 0.00000529. The number of carbonyl (C=O) groups is 3. The van der Waals surface area contributed by atoms with Crippen LogP contribution in [0.4, 0.5) is 0 Å². The normalized spacial score (nSPS) is 9.58. The molecule has 24 heavy (non-hydrogen) atoms. The van der Waals surface area contributed by atoms with Crippen molar-refractivity contribution >= 4 is 30.1 Å². The molecule has 4 N–H and O–H groups in total. The Kier molecular flexibility index (Phi) is 11.2. The number of nitrogens with two attached hydrogens (primary N) is 1. The molecule has 0 atom stereocenters. The van der Waals surface area contributed by atoms with Gasteiger partial charge in [-0.1, -0.05) is 30.3 Å². The molecule has 7 nitrogen and oxygen atoms in total. The van der Waals surface area contributed by atoms with Crippen molar-refractivity contribution < 1.29 is 14.4 Å². The molecule has 3 amide bonds. The fourth-order valence-electron chi connectivity index (χ4n) is 1.93. The lowest BCUT2D eigenvalue weighted by Gasteiger charge is -2.23. The van der Waals surface area contributed by atoms with Crippen molar-refractivity contribution in [3.05, 3.63) is 35.9 Å². The fraction of sp³-hybridized carbons (Fsp3) is 0.438. The lowest BCUT2D eigenvalue weighted by Crippen LogP contribution is -2.43. The molecule has 0 bridgehead atoms. The second kappa shape index (κ2) is 12.3. The zero-order chi connectivity index (χ0) is 17.1. The Hall–Kier alpha value is -2.12. The lowest BCUT2D eigenvalue weighted by molar-refractivity contribution is -0.133. The van der Waals surface area contributed by atoms with E-state index < -0.39 is 5.91 Å². The Morgan fingerprint density at radius 3 is 2.33 bits per heavy atom. The first kappa shape index (κ1) is 21.9. The molecular weight excluding hydrogens is 332 g/mol. The minimum Gasteiger partial charge on any atom is -0.347 e. The van der Waals surface area contributed by atoms with E-state index in [9.17, 15) is 14.4 Å². The van der Waals surface area contributed by atoms with Crippen LogP contribution in [-0.4, -0.2) is 48.8 Å². The fourth-order valence-corrected chi connectivity index (χ4v) is 1.93. The number of hydrogen-bond acceptors (Lipinski definition) is 4. The third-order valence-corrected chi connectivity index (χ3v) is 3.14. The van der Waals surface area contributed by atoms with Crippen LogP contribution in [0.1, 0.15) is 18.9 Å². The van der Waals surface area contributed by atoms with Crippen LogP contribution in [-0.2, 0) is 20.9 Å². The van der Waals surface area contributed by atoms with Gasteiger partial charge in [-0.3, -0.25) is 14.4 Å². The Bertz CT molecular complexity index is 525. The highest BCUT2D eigenvalue weighted by atomic mass is 35.5. The molecule has 0 radical (unpaired) electrons. The van der Waals surface area contributed by atoms with E-state index in [2.05, 4.69) is 10.6 Å². The molecule has 1 rings (SSSR count). The summed E-state index contributed by atoms with van der Waals surface area (Å²) in [6.07, 6.45) is 0.693. The summed E-state index contributed by atoms with van der Waals surface area (Å²) in [5, 5.41) is 4.88. The molecule has 0 aliphatic rings. The van der Waals surface area contributed by atoms with Gasteiger partial charge in [0, 0.05) is 20.0 Å². The first-order valence-electron chi connectivity index (χ1n) is 7.56. The molecule has 0 fully saturated rings. The van der Waals surface area contributed by atoms with Crippen molar-refractivity contribution in [1.29, 1.82) is 0 Å². The molecule has 1 aromatic carbocycles. The van der Waals surface area contributed by atoms with Crippen molar-refractivity contribution in [3.8, 4) is 0 Å². The summed E-state index contributed by atoms with van der Waals surface area (Å²) < 4.78 is 0. The van der Waals surface area contributed by atoms with Crippen LogP contribution >= 0.6 is 12.4 Å². The summed E-state index contributed by atoms with van der Waals surface area (Å²) >= 11 is 0. The molecule has 0 saturated heterocycles. The first-order chi connectivity index (χ1) is 11.0. The average molecular weight is 357 g/mol. The van der Waals surface area contributed by atoms with E-state index in [0.717, 1.165) is 5.56 Å². The Morgan fingerprint density at radius 1 is 1.08 bits per heavy atom. The third kappa shape index (κ3) is 9.12. The molecule has 0 aromatic heterocycles. The standard InChI is InChI=1S/C16H24N4O3.ClH/c1-13(21)18-10-15(22)19-11-16(23)20(9-5-8-17)12-14-6-3-2-4-7-14;/h2-4,6-7H,5,8-12,17H2,1H3,(H,18,21)(H,19,22);1H. The van der Waals surface area contributed by atoms with Crippen molar-refractivity contribution in [2.75, 3.05) is 26.2 Å². The molecule has 0 aliphatic heterocycles. The highest BCUT2D eigenvalue weighted by molar-refractivity contribution is 5.87. The van der Waals surface area contributed by atoms with Gasteiger partial charge in [-0.25, -0.2) is 0 Å². The zero-order valence-electron chi connectivity index (χ0n) is 13.8.